The Balaban J connectivity index is 1.93. The van der Waals surface area contributed by atoms with Gasteiger partial charge in [0.05, 0.1) is 28.0 Å². The van der Waals surface area contributed by atoms with E-state index in [0.717, 1.165) is 24.2 Å². The summed E-state index contributed by atoms with van der Waals surface area (Å²) in [7, 11) is 1.80. The number of aromatic nitrogens is 5. The molecule has 0 aliphatic heterocycles. The van der Waals surface area contributed by atoms with Crippen molar-refractivity contribution in [1.29, 1.82) is 0 Å². The molecule has 0 spiro atoms. The zero-order chi connectivity index (χ0) is 20.9. The monoisotopic (exact) mass is 396 g/mol. The van der Waals surface area contributed by atoms with Crippen LogP contribution in [-0.2, 0) is 13.6 Å². The van der Waals surface area contributed by atoms with Gasteiger partial charge in [0.2, 0.25) is 0 Å². The van der Waals surface area contributed by atoms with Gasteiger partial charge in [-0.15, -0.1) is 0 Å². The third-order valence-electron chi connectivity index (χ3n) is 5.40. The van der Waals surface area contributed by atoms with E-state index in [-0.39, 0.29) is 22.5 Å². The maximum Gasteiger partial charge on any atom is 0.329 e. The first kappa shape index (κ1) is 19.1. The molecule has 0 atom stereocenters. The molecule has 3 aromatic rings. The maximum absolute atomic E-state index is 13.2. The van der Waals surface area contributed by atoms with Crippen LogP contribution in [0.4, 0.5) is 5.69 Å². The third-order valence-corrected chi connectivity index (χ3v) is 5.40. The number of pyridine rings is 1. The Morgan fingerprint density at radius 2 is 2.03 bits per heavy atom. The molecule has 1 aliphatic rings. The van der Waals surface area contributed by atoms with Crippen LogP contribution in [0.15, 0.2) is 15.7 Å². The lowest BCUT2D eigenvalue weighted by Gasteiger charge is -2.13. The summed E-state index contributed by atoms with van der Waals surface area (Å²) in [4.78, 5) is 45.2. The van der Waals surface area contributed by atoms with Crippen molar-refractivity contribution >= 4 is 22.6 Å². The van der Waals surface area contributed by atoms with Gasteiger partial charge in [-0.05, 0) is 39.2 Å². The van der Waals surface area contributed by atoms with E-state index in [1.165, 1.54) is 4.57 Å². The van der Waals surface area contributed by atoms with Crippen molar-refractivity contribution in [2.75, 3.05) is 5.32 Å². The van der Waals surface area contributed by atoms with Crippen molar-refractivity contribution in [1.82, 2.24) is 24.3 Å². The van der Waals surface area contributed by atoms with Gasteiger partial charge >= 0.3 is 5.69 Å². The molecule has 4 rings (SSSR count). The van der Waals surface area contributed by atoms with E-state index >= 15 is 0 Å². The number of anilines is 1. The van der Waals surface area contributed by atoms with E-state index in [4.69, 9.17) is 0 Å². The SMILES string of the molecule is CCCn1c(=O)[nH]c(=O)c2c(C(=O)Nc3c(C)nn(C)c3C)cc(C3CC3)nc21. The predicted octanol–water partition coefficient (Wildman–Crippen LogP) is 1.97. The molecule has 0 bridgehead atoms. The van der Waals surface area contributed by atoms with E-state index < -0.39 is 17.2 Å². The molecule has 9 heteroatoms. The molecular formula is C20H24N6O3. The molecule has 2 N–H and O–H groups in total. The Hall–Kier alpha value is -3.23. The molecule has 3 heterocycles. The quantitative estimate of drug-likeness (QED) is 0.684. The molecule has 0 saturated heterocycles. The number of aryl methyl sites for hydroxylation is 3. The lowest BCUT2D eigenvalue weighted by molar-refractivity contribution is 0.102. The Morgan fingerprint density at radius 1 is 1.31 bits per heavy atom. The van der Waals surface area contributed by atoms with Crippen molar-refractivity contribution in [3.8, 4) is 0 Å². The third kappa shape index (κ3) is 3.26. The van der Waals surface area contributed by atoms with E-state index in [9.17, 15) is 14.4 Å². The highest BCUT2D eigenvalue weighted by molar-refractivity contribution is 6.12. The number of rotatable bonds is 5. The van der Waals surface area contributed by atoms with Gasteiger partial charge in [0.15, 0.2) is 5.65 Å². The Bertz CT molecular complexity index is 1250. The van der Waals surface area contributed by atoms with Gasteiger partial charge in [-0.25, -0.2) is 9.78 Å². The van der Waals surface area contributed by atoms with Crippen molar-refractivity contribution in [3.63, 3.8) is 0 Å². The summed E-state index contributed by atoms with van der Waals surface area (Å²) in [6, 6.07) is 1.69. The fourth-order valence-corrected chi connectivity index (χ4v) is 3.63. The lowest BCUT2D eigenvalue weighted by atomic mass is 10.1. The molecule has 152 valence electrons. The average molecular weight is 396 g/mol. The first-order valence-corrected chi connectivity index (χ1v) is 9.81. The van der Waals surface area contributed by atoms with Gasteiger partial charge in [-0.2, -0.15) is 5.10 Å². The van der Waals surface area contributed by atoms with Crippen molar-refractivity contribution < 1.29 is 4.79 Å². The summed E-state index contributed by atoms with van der Waals surface area (Å²) in [5.74, 6) is -0.150. The van der Waals surface area contributed by atoms with Crippen LogP contribution in [0.25, 0.3) is 11.0 Å². The van der Waals surface area contributed by atoms with E-state index in [2.05, 4.69) is 20.4 Å². The van der Waals surface area contributed by atoms with Gasteiger partial charge in [-0.1, -0.05) is 6.92 Å². The first-order valence-electron chi connectivity index (χ1n) is 9.81. The number of carbonyl (C=O) groups is 1. The second-order valence-corrected chi connectivity index (χ2v) is 7.60. The minimum absolute atomic E-state index is 0.138. The van der Waals surface area contributed by atoms with Crippen LogP contribution in [0.5, 0.6) is 0 Å². The molecule has 1 fully saturated rings. The van der Waals surface area contributed by atoms with Crippen LogP contribution in [-0.4, -0.2) is 30.2 Å². The van der Waals surface area contributed by atoms with Gasteiger partial charge in [-0.3, -0.25) is 23.8 Å². The van der Waals surface area contributed by atoms with Gasteiger partial charge in [0.1, 0.15) is 0 Å². The fraction of sp³-hybridized carbons (Fsp3) is 0.450. The molecule has 1 saturated carbocycles. The highest BCUT2D eigenvalue weighted by Crippen LogP contribution is 2.40. The molecule has 29 heavy (non-hydrogen) atoms. The van der Waals surface area contributed by atoms with Crippen LogP contribution in [0.3, 0.4) is 0 Å². The molecule has 1 aliphatic carbocycles. The second kappa shape index (κ2) is 6.98. The van der Waals surface area contributed by atoms with E-state index in [1.54, 1.807) is 17.8 Å². The molecule has 3 aromatic heterocycles. The number of hydrogen-bond donors (Lipinski definition) is 2. The fourth-order valence-electron chi connectivity index (χ4n) is 3.63. The molecule has 9 nitrogen and oxygen atoms in total. The van der Waals surface area contributed by atoms with Crippen molar-refractivity contribution in [3.05, 3.63) is 49.5 Å². The van der Waals surface area contributed by atoms with E-state index in [1.807, 2.05) is 20.8 Å². The summed E-state index contributed by atoms with van der Waals surface area (Å²) in [5.41, 5.74) is 2.27. The van der Waals surface area contributed by atoms with Crippen LogP contribution >= 0.6 is 0 Å². The minimum atomic E-state index is -0.600. The Labute approximate surface area is 166 Å². The Morgan fingerprint density at radius 3 is 2.62 bits per heavy atom. The number of hydrogen-bond acceptors (Lipinski definition) is 5. The predicted molar refractivity (Wildman–Crippen MR) is 110 cm³/mol. The second-order valence-electron chi connectivity index (χ2n) is 7.60. The topological polar surface area (TPSA) is 115 Å². The van der Waals surface area contributed by atoms with Crippen molar-refractivity contribution in [2.24, 2.45) is 7.05 Å². The number of nitrogens with one attached hydrogen (secondary N) is 2. The number of H-pyrrole nitrogens is 1. The molecule has 0 radical (unpaired) electrons. The number of fused-ring (bicyclic) bond motifs is 1. The standard InChI is InChI=1S/C20H24N6O3/c1-5-8-26-17-15(19(28)23-20(26)29)13(9-14(21-17)12-6-7-12)18(27)22-16-10(2)24-25(4)11(16)3/h9,12H,5-8H2,1-4H3,(H,22,27)(H,23,28,29). The van der Waals surface area contributed by atoms with Crippen LogP contribution in [0.1, 0.15) is 59.5 Å². The number of amides is 1. The largest absolute Gasteiger partial charge is 0.329 e. The number of carbonyl (C=O) groups excluding carboxylic acids is 1. The summed E-state index contributed by atoms with van der Waals surface area (Å²) < 4.78 is 3.14. The highest BCUT2D eigenvalue weighted by atomic mass is 16.2. The van der Waals surface area contributed by atoms with Crippen LogP contribution < -0.4 is 16.6 Å². The summed E-state index contributed by atoms with van der Waals surface area (Å²) in [6.07, 6.45) is 2.68. The lowest BCUT2D eigenvalue weighted by Crippen LogP contribution is -2.32. The van der Waals surface area contributed by atoms with E-state index in [0.29, 0.717) is 24.3 Å². The summed E-state index contributed by atoms with van der Waals surface area (Å²) >= 11 is 0. The number of aromatic amines is 1. The smallest absolute Gasteiger partial charge is 0.319 e. The Kier molecular flexibility index (Phi) is 4.60. The van der Waals surface area contributed by atoms with Crippen molar-refractivity contribution in [2.45, 2.75) is 52.5 Å². The summed E-state index contributed by atoms with van der Waals surface area (Å²) in [6.45, 7) is 6.03. The summed E-state index contributed by atoms with van der Waals surface area (Å²) in [5, 5.41) is 7.35. The zero-order valence-corrected chi connectivity index (χ0v) is 17.0. The first-order chi connectivity index (χ1) is 13.8. The van der Waals surface area contributed by atoms with Crippen LogP contribution in [0, 0.1) is 13.8 Å². The zero-order valence-electron chi connectivity index (χ0n) is 17.0. The van der Waals surface area contributed by atoms with Gasteiger partial charge in [0, 0.05) is 25.2 Å². The molecule has 0 aromatic carbocycles. The molecule has 1 amide bonds. The molecular weight excluding hydrogens is 372 g/mol. The average Bonchev–Trinajstić information content (AvgIpc) is 3.49. The minimum Gasteiger partial charge on any atom is -0.319 e. The number of nitrogens with zero attached hydrogens (tertiary/aromatic N) is 4. The van der Waals surface area contributed by atoms with Gasteiger partial charge < -0.3 is 5.32 Å². The normalized spacial score (nSPS) is 13.8. The molecule has 0 unspecified atom stereocenters. The van der Waals surface area contributed by atoms with Crippen LogP contribution in [0.2, 0.25) is 0 Å². The highest BCUT2D eigenvalue weighted by Gasteiger charge is 2.29. The van der Waals surface area contributed by atoms with Gasteiger partial charge in [0.25, 0.3) is 11.5 Å². The maximum atomic E-state index is 13.2.